The molecule has 1 heterocycles. The second-order valence-electron chi connectivity index (χ2n) is 3.69. The lowest BCUT2D eigenvalue weighted by molar-refractivity contribution is 0.404. The van der Waals surface area contributed by atoms with Gasteiger partial charge in [0.25, 0.3) is 0 Å². The van der Waals surface area contributed by atoms with Crippen LogP contribution in [0.5, 0.6) is 5.75 Å². The van der Waals surface area contributed by atoms with E-state index in [1.807, 2.05) is 13.8 Å². The number of aromatic nitrogens is 2. The van der Waals surface area contributed by atoms with Gasteiger partial charge < -0.3 is 4.74 Å². The van der Waals surface area contributed by atoms with E-state index in [1.165, 1.54) is 10.9 Å². The molecule has 0 amide bonds. The van der Waals surface area contributed by atoms with Gasteiger partial charge >= 0.3 is 0 Å². The van der Waals surface area contributed by atoms with Crippen molar-refractivity contribution >= 4 is 9.84 Å². The summed E-state index contributed by atoms with van der Waals surface area (Å²) in [6.07, 6.45) is 2.63. The van der Waals surface area contributed by atoms with E-state index in [0.717, 1.165) is 17.8 Å². The monoisotopic (exact) mass is 246 g/mol. The van der Waals surface area contributed by atoms with E-state index >= 15 is 0 Å². The Balaban J connectivity index is 3.23. The van der Waals surface area contributed by atoms with Crippen molar-refractivity contribution in [2.45, 2.75) is 32.6 Å². The fraction of sp³-hybridized carbons (Fsp3) is 0.700. The molecule has 0 fully saturated rings. The summed E-state index contributed by atoms with van der Waals surface area (Å²) in [4.78, 5) is 0. The summed E-state index contributed by atoms with van der Waals surface area (Å²) in [5.74, 6) is 0.626. The summed E-state index contributed by atoms with van der Waals surface area (Å²) < 4.78 is 29.3. The normalized spacial score (nSPS) is 11.8. The molecule has 1 aromatic heterocycles. The molecule has 0 saturated heterocycles. The molecule has 0 aliphatic carbocycles. The molecule has 0 aliphatic heterocycles. The van der Waals surface area contributed by atoms with Crippen molar-refractivity contribution < 1.29 is 13.2 Å². The van der Waals surface area contributed by atoms with Crippen LogP contribution in [0.1, 0.15) is 25.2 Å². The standard InChI is InChI=1S/C10H18N2O3S/c1-5-8-10(15-3)9(6-2)12(11-8)7-16(4,13)14/h5-7H2,1-4H3. The van der Waals surface area contributed by atoms with Crippen LogP contribution < -0.4 is 4.74 Å². The van der Waals surface area contributed by atoms with Gasteiger partial charge in [-0.15, -0.1) is 0 Å². The molecule has 0 unspecified atom stereocenters. The Kier molecular flexibility index (Phi) is 3.96. The molecule has 0 atom stereocenters. The third-order valence-electron chi connectivity index (χ3n) is 2.31. The van der Waals surface area contributed by atoms with E-state index in [9.17, 15) is 8.42 Å². The second-order valence-corrected chi connectivity index (χ2v) is 5.80. The first-order valence-electron chi connectivity index (χ1n) is 5.23. The zero-order chi connectivity index (χ0) is 12.3. The molecule has 0 saturated carbocycles. The molecule has 0 radical (unpaired) electrons. The van der Waals surface area contributed by atoms with E-state index < -0.39 is 9.84 Å². The first kappa shape index (κ1) is 13.0. The fourth-order valence-electron chi connectivity index (χ4n) is 1.67. The van der Waals surface area contributed by atoms with Crippen LogP contribution in [-0.4, -0.2) is 31.6 Å². The topological polar surface area (TPSA) is 61.2 Å². The SMILES string of the molecule is CCc1nn(CS(C)(=O)=O)c(CC)c1OC. The van der Waals surface area contributed by atoms with Gasteiger partial charge in [-0.3, -0.25) is 4.68 Å². The van der Waals surface area contributed by atoms with E-state index in [4.69, 9.17) is 4.74 Å². The Bertz CT molecular complexity index is 463. The lowest BCUT2D eigenvalue weighted by Crippen LogP contribution is -2.13. The minimum atomic E-state index is -3.08. The van der Waals surface area contributed by atoms with Crippen molar-refractivity contribution in [1.82, 2.24) is 9.78 Å². The Morgan fingerprint density at radius 2 is 1.94 bits per heavy atom. The van der Waals surface area contributed by atoms with Gasteiger partial charge in [0.15, 0.2) is 15.6 Å². The summed E-state index contributed by atoms with van der Waals surface area (Å²) >= 11 is 0. The van der Waals surface area contributed by atoms with Gasteiger partial charge in [-0.2, -0.15) is 5.10 Å². The Hall–Kier alpha value is -1.04. The third-order valence-corrected chi connectivity index (χ3v) is 3.02. The van der Waals surface area contributed by atoms with Crippen LogP contribution in [-0.2, 0) is 28.6 Å². The van der Waals surface area contributed by atoms with Crippen molar-refractivity contribution in [2.75, 3.05) is 13.4 Å². The fourth-order valence-corrected chi connectivity index (χ4v) is 2.33. The molecule has 6 heteroatoms. The molecular formula is C10H18N2O3S. The number of rotatable bonds is 5. The maximum atomic E-state index is 11.3. The largest absolute Gasteiger partial charge is 0.493 e. The average Bonchev–Trinajstić information content (AvgIpc) is 2.52. The number of ether oxygens (including phenoxy) is 1. The van der Waals surface area contributed by atoms with Gasteiger partial charge in [-0.05, 0) is 12.8 Å². The Labute approximate surface area is 96.3 Å². The van der Waals surface area contributed by atoms with E-state index in [0.29, 0.717) is 12.2 Å². The van der Waals surface area contributed by atoms with Crippen LogP contribution in [0.3, 0.4) is 0 Å². The van der Waals surface area contributed by atoms with Crippen molar-refractivity contribution in [3.05, 3.63) is 11.4 Å². The highest BCUT2D eigenvalue weighted by Crippen LogP contribution is 2.24. The number of sulfone groups is 1. The quantitative estimate of drug-likeness (QED) is 0.778. The van der Waals surface area contributed by atoms with Crippen molar-refractivity contribution in [3.63, 3.8) is 0 Å². The van der Waals surface area contributed by atoms with Crippen LogP contribution in [0.25, 0.3) is 0 Å². The average molecular weight is 246 g/mol. The number of hydrogen-bond donors (Lipinski definition) is 0. The molecular weight excluding hydrogens is 228 g/mol. The van der Waals surface area contributed by atoms with Crippen molar-refractivity contribution in [1.29, 1.82) is 0 Å². The first-order valence-corrected chi connectivity index (χ1v) is 7.29. The summed E-state index contributed by atoms with van der Waals surface area (Å²) in [6.45, 7) is 3.92. The lowest BCUT2D eigenvalue weighted by atomic mass is 10.2. The molecule has 0 bridgehead atoms. The molecule has 0 N–H and O–H groups in total. The highest BCUT2D eigenvalue weighted by atomic mass is 32.2. The van der Waals surface area contributed by atoms with Gasteiger partial charge in [0, 0.05) is 6.26 Å². The predicted molar refractivity (Wildman–Crippen MR) is 62.4 cm³/mol. The van der Waals surface area contributed by atoms with Crippen LogP contribution in [0.15, 0.2) is 0 Å². The smallest absolute Gasteiger partial charge is 0.167 e. The van der Waals surface area contributed by atoms with E-state index in [1.54, 1.807) is 7.11 Å². The molecule has 16 heavy (non-hydrogen) atoms. The highest BCUT2D eigenvalue weighted by Gasteiger charge is 2.18. The number of hydrogen-bond acceptors (Lipinski definition) is 4. The number of aryl methyl sites for hydroxylation is 1. The first-order chi connectivity index (χ1) is 7.42. The van der Waals surface area contributed by atoms with Gasteiger partial charge in [-0.25, -0.2) is 8.42 Å². The van der Waals surface area contributed by atoms with Crippen molar-refractivity contribution in [3.8, 4) is 5.75 Å². The second kappa shape index (κ2) is 4.86. The van der Waals surface area contributed by atoms with Gasteiger partial charge in [0.05, 0.1) is 12.8 Å². The maximum absolute atomic E-state index is 11.3. The zero-order valence-electron chi connectivity index (χ0n) is 10.1. The minimum absolute atomic E-state index is 0.0907. The van der Waals surface area contributed by atoms with Crippen LogP contribution in [0.2, 0.25) is 0 Å². The summed E-state index contributed by atoms with van der Waals surface area (Å²) in [7, 11) is -1.50. The summed E-state index contributed by atoms with van der Waals surface area (Å²) in [5.41, 5.74) is 1.65. The molecule has 1 aromatic rings. The molecule has 92 valence electrons. The van der Waals surface area contributed by atoms with E-state index in [-0.39, 0.29) is 5.88 Å². The van der Waals surface area contributed by atoms with Crippen molar-refractivity contribution in [2.24, 2.45) is 0 Å². The minimum Gasteiger partial charge on any atom is -0.493 e. The van der Waals surface area contributed by atoms with Crippen LogP contribution in [0.4, 0.5) is 0 Å². The highest BCUT2D eigenvalue weighted by molar-refractivity contribution is 7.89. The molecule has 0 spiro atoms. The van der Waals surface area contributed by atoms with Gasteiger partial charge in [0.2, 0.25) is 0 Å². The molecule has 0 aliphatic rings. The van der Waals surface area contributed by atoms with E-state index in [2.05, 4.69) is 5.10 Å². The molecule has 1 rings (SSSR count). The molecule has 5 nitrogen and oxygen atoms in total. The lowest BCUT2D eigenvalue weighted by Gasteiger charge is -2.05. The Morgan fingerprint density at radius 1 is 1.31 bits per heavy atom. The van der Waals surface area contributed by atoms with Crippen LogP contribution in [0, 0.1) is 0 Å². The predicted octanol–water partition coefficient (Wildman–Crippen LogP) is 1.02. The maximum Gasteiger partial charge on any atom is 0.167 e. The zero-order valence-corrected chi connectivity index (χ0v) is 11.0. The number of methoxy groups -OCH3 is 1. The van der Waals surface area contributed by atoms with Gasteiger partial charge in [0.1, 0.15) is 11.6 Å². The third kappa shape index (κ3) is 2.75. The molecule has 0 aromatic carbocycles. The Morgan fingerprint density at radius 3 is 2.31 bits per heavy atom. The van der Waals surface area contributed by atoms with Crippen LogP contribution >= 0.6 is 0 Å². The number of nitrogens with zero attached hydrogens (tertiary/aromatic N) is 2. The summed E-state index contributed by atoms with van der Waals surface area (Å²) in [6, 6.07) is 0. The van der Waals surface area contributed by atoms with Gasteiger partial charge in [-0.1, -0.05) is 13.8 Å². The summed E-state index contributed by atoms with van der Waals surface area (Å²) in [5, 5.41) is 4.27.